The number of rotatable bonds is 4. The highest BCUT2D eigenvalue weighted by Gasteiger charge is 2.17. The topological polar surface area (TPSA) is 44.4 Å². The van der Waals surface area contributed by atoms with Crippen molar-refractivity contribution in [3.63, 3.8) is 0 Å². The molecule has 1 aliphatic heterocycles. The number of hydrogen-bond acceptors (Lipinski definition) is 2. The van der Waals surface area contributed by atoms with Gasteiger partial charge in [-0.25, -0.2) is 0 Å². The van der Waals surface area contributed by atoms with E-state index < -0.39 is 0 Å². The first kappa shape index (κ1) is 18.4. The maximum Gasteiger partial charge on any atom is 0.253 e. The third kappa shape index (κ3) is 4.82. The molecule has 0 aromatic heterocycles. The summed E-state index contributed by atoms with van der Waals surface area (Å²) in [7, 11) is 0. The van der Waals surface area contributed by atoms with Crippen molar-refractivity contribution in [1.82, 2.24) is 10.2 Å². The minimum atomic E-state index is 0.120. The van der Waals surface area contributed by atoms with E-state index in [0.29, 0.717) is 5.11 Å². The summed E-state index contributed by atoms with van der Waals surface area (Å²) in [6.45, 7) is 3.80. The molecule has 3 rings (SSSR count). The molecule has 0 bridgehead atoms. The number of carbonyl (C=O) groups excluding carboxylic acids is 1. The molecule has 0 radical (unpaired) electrons. The number of likely N-dealkylation sites (tertiary alicyclic amines) is 1. The SMILES string of the molecule is CC(NC(=S)Nc1ccc(C(=O)N2CCCCC2)cc1)c1ccccc1. The van der Waals surface area contributed by atoms with Crippen molar-refractivity contribution in [2.45, 2.75) is 32.2 Å². The van der Waals surface area contributed by atoms with Gasteiger partial charge >= 0.3 is 0 Å². The Kier molecular flexibility index (Phi) is 6.23. The highest BCUT2D eigenvalue weighted by atomic mass is 32.1. The molecule has 2 aromatic rings. The van der Waals surface area contributed by atoms with Gasteiger partial charge in [-0.05, 0) is 68.2 Å². The van der Waals surface area contributed by atoms with Crippen LogP contribution in [0.4, 0.5) is 5.69 Å². The van der Waals surface area contributed by atoms with E-state index in [1.165, 1.54) is 12.0 Å². The first-order valence-corrected chi connectivity index (χ1v) is 9.56. The molecule has 136 valence electrons. The molecule has 1 atom stereocenters. The van der Waals surface area contributed by atoms with Gasteiger partial charge in [0.05, 0.1) is 6.04 Å². The quantitative estimate of drug-likeness (QED) is 0.788. The van der Waals surface area contributed by atoms with Gasteiger partial charge in [-0.2, -0.15) is 0 Å². The van der Waals surface area contributed by atoms with Crippen molar-refractivity contribution in [2.75, 3.05) is 18.4 Å². The fourth-order valence-corrected chi connectivity index (χ4v) is 3.46. The monoisotopic (exact) mass is 367 g/mol. The average molecular weight is 368 g/mol. The number of hydrogen-bond donors (Lipinski definition) is 2. The van der Waals surface area contributed by atoms with Gasteiger partial charge in [0.2, 0.25) is 0 Å². The van der Waals surface area contributed by atoms with Crippen LogP contribution in [0.2, 0.25) is 0 Å². The normalized spacial score (nSPS) is 15.2. The van der Waals surface area contributed by atoms with Crippen LogP contribution in [0.3, 0.4) is 0 Å². The molecule has 1 unspecified atom stereocenters. The standard InChI is InChI=1S/C21H25N3OS/c1-16(17-8-4-2-5-9-17)22-21(26)23-19-12-10-18(11-13-19)20(25)24-14-6-3-7-15-24/h2,4-5,8-13,16H,3,6-7,14-15H2,1H3,(H2,22,23,26). The van der Waals surface area contributed by atoms with Crippen molar-refractivity contribution in [3.8, 4) is 0 Å². The lowest BCUT2D eigenvalue weighted by atomic mass is 10.1. The Morgan fingerprint density at radius 2 is 1.65 bits per heavy atom. The second-order valence-electron chi connectivity index (χ2n) is 6.66. The molecule has 1 fully saturated rings. The van der Waals surface area contributed by atoms with Gasteiger partial charge in [0, 0.05) is 24.3 Å². The average Bonchev–Trinajstić information content (AvgIpc) is 2.69. The number of thiocarbonyl (C=S) groups is 1. The van der Waals surface area contributed by atoms with Crippen LogP contribution in [0.15, 0.2) is 54.6 Å². The Hall–Kier alpha value is -2.40. The molecular formula is C21H25N3OS. The van der Waals surface area contributed by atoms with Crippen LogP contribution in [0.5, 0.6) is 0 Å². The predicted molar refractivity (Wildman–Crippen MR) is 110 cm³/mol. The van der Waals surface area contributed by atoms with Crippen LogP contribution in [-0.4, -0.2) is 29.0 Å². The third-order valence-corrected chi connectivity index (χ3v) is 4.90. The number of nitrogens with zero attached hydrogens (tertiary/aromatic N) is 1. The molecule has 4 nitrogen and oxygen atoms in total. The van der Waals surface area contributed by atoms with E-state index in [9.17, 15) is 4.79 Å². The van der Waals surface area contributed by atoms with Crippen molar-refractivity contribution < 1.29 is 4.79 Å². The summed E-state index contributed by atoms with van der Waals surface area (Å²) in [4.78, 5) is 14.4. The molecule has 1 amide bonds. The third-order valence-electron chi connectivity index (χ3n) is 4.68. The van der Waals surface area contributed by atoms with Gasteiger partial charge in [0.1, 0.15) is 0 Å². The van der Waals surface area contributed by atoms with Crippen LogP contribution in [-0.2, 0) is 0 Å². The highest BCUT2D eigenvalue weighted by Crippen LogP contribution is 2.16. The summed E-state index contributed by atoms with van der Waals surface area (Å²) in [5, 5.41) is 7.03. The lowest BCUT2D eigenvalue weighted by Crippen LogP contribution is -2.35. The zero-order chi connectivity index (χ0) is 18.4. The molecule has 0 spiro atoms. The maximum absolute atomic E-state index is 12.5. The smallest absolute Gasteiger partial charge is 0.253 e. The molecule has 2 aromatic carbocycles. The summed E-state index contributed by atoms with van der Waals surface area (Å²) in [5.41, 5.74) is 2.78. The van der Waals surface area contributed by atoms with E-state index in [0.717, 1.165) is 37.2 Å². The summed E-state index contributed by atoms with van der Waals surface area (Å²) in [5.74, 6) is 0.120. The van der Waals surface area contributed by atoms with Gasteiger partial charge in [0.15, 0.2) is 5.11 Å². The Balaban J connectivity index is 1.55. The molecule has 2 N–H and O–H groups in total. The van der Waals surface area contributed by atoms with Gasteiger partial charge in [-0.1, -0.05) is 30.3 Å². The van der Waals surface area contributed by atoms with Crippen LogP contribution in [0.25, 0.3) is 0 Å². The Bertz CT molecular complexity index is 740. The number of anilines is 1. The summed E-state index contributed by atoms with van der Waals surface area (Å²) in [6.07, 6.45) is 3.42. The minimum absolute atomic E-state index is 0.120. The Morgan fingerprint density at radius 1 is 1.00 bits per heavy atom. The second-order valence-corrected chi connectivity index (χ2v) is 7.07. The number of nitrogens with one attached hydrogen (secondary N) is 2. The fraction of sp³-hybridized carbons (Fsp3) is 0.333. The van der Waals surface area contributed by atoms with Gasteiger partial charge < -0.3 is 15.5 Å². The van der Waals surface area contributed by atoms with Crippen LogP contribution in [0, 0.1) is 0 Å². The number of carbonyl (C=O) groups is 1. The van der Waals surface area contributed by atoms with Gasteiger partial charge in [0.25, 0.3) is 5.91 Å². The number of benzene rings is 2. The van der Waals surface area contributed by atoms with Crippen LogP contribution >= 0.6 is 12.2 Å². The van der Waals surface area contributed by atoms with E-state index in [4.69, 9.17) is 12.2 Å². The fourth-order valence-electron chi connectivity index (χ4n) is 3.16. The van der Waals surface area contributed by atoms with Crippen molar-refractivity contribution in [1.29, 1.82) is 0 Å². The van der Waals surface area contributed by atoms with Gasteiger partial charge in [-0.15, -0.1) is 0 Å². The van der Waals surface area contributed by atoms with Gasteiger partial charge in [-0.3, -0.25) is 4.79 Å². The molecule has 0 aliphatic carbocycles. The largest absolute Gasteiger partial charge is 0.356 e. The van der Waals surface area contributed by atoms with Crippen LogP contribution in [0.1, 0.15) is 48.1 Å². The van der Waals surface area contributed by atoms with E-state index in [1.807, 2.05) is 47.4 Å². The van der Waals surface area contributed by atoms with Crippen molar-refractivity contribution >= 4 is 28.9 Å². The van der Waals surface area contributed by atoms with E-state index in [-0.39, 0.29) is 11.9 Å². The van der Waals surface area contributed by atoms with Crippen molar-refractivity contribution in [2.24, 2.45) is 0 Å². The first-order chi connectivity index (χ1) is 12.6. The molecule has 5 heteroatoms. The minimum Gasteiger partial charge on any atom is -0.356 e. The van der Waals surface area contributed by atoms with Crippen molar-refractivity contribution in [3.05, 3.63) is 65.7 Å². The maximum atomic E-state index is 12.5. The van der Waals surface area contributed by atoms with E-state index in [1.54, 1.807) is 0 Å². The summed E-state index contributed by atoms with van der Waals surface area (Å²) in [6, 6.07) is 17.8. The first-order valence-electron chi connectivity index (χ1n) is 9.15. The number of piperidine rings is 1. The molecule has 1 heterocycles. The zero-order valence-corrected chi connectivity index (χ0v) is 15.9. The molecule has 1 saturated heterocycles. The second kappa shape index (κ2) is 8.81. The summed E-state index contributed by atoms with van der Waals surface area (Å²) >= 11 is 5.40. The Morgan fingerprint density at radius 3 is 2.31 bits per heavy atom. The lowest BCUT2D eigenvalue weighted by molar-refractivity contribution is 0.0724. The number of amides is 1. The molecular weight excluding hydrogens is 342 g/mol. The lowest BCUT2D eigenvalue weighted by Gasteiger charge is -2.26. The highest BCUT2D eigenvalue weighted by molar-refractivity contribution is 7.80. The summed E-state index contributed by atoms with van der Waals surface area (Å²) < 4.78 is 0. The van der Waals surface area contributed by atoms with Crippen LogP contribution < -0.4 is 10.6 Å². The zero-order valence-electron chi connectivity index (χ0n) is 15.1. The molecule has 1 aliphatic rings. The van der Waals surface area contributed by atoms with E-state index in [2.05, 4.69) is 29.7 Å². The van der Waals surface area contributed by atoms with E-state index >= 15 is 0 Å². The molecule has 0 saturated carbocycles. The Labute approximate surface area is 160 Å². The molecule has 26 heavy (non-hydrogen) atoms. The predicted octanol–water partition coefficient (Wildman–Crippen LogP) is 4.36.